The molecule has 150 valence electrons. The number of aromatic amines is 1. The molecule has 0 radical (unpaired) electrons. The third kappa shape index (κ3) is 3.33. The Morgan fingerprint density at radius 1 is 0.967 bits per heavy atom. The Kier molecular flexibility index (Phi) is 5.06. The zero-order chi connectivity index (χ0) is 21.3. The first-order valence-electron chi connectivity index (χ1n) is 9.53. The highest BCUT2D eigenvalue weighted by Crippen LogP contribution is 2.21. The number of ether oxygens (including phenoxy) is 1. The molecule has 0 fully saturated rings. The van der Waals surface area contributed by atoms with Gasteiger partial charge in [0.2, 0.25) is 5.43 Å². The van der Waals surface area contributed by atoms with Crippen LogP contribution < -0.4 is 15.7 Å². The number of aromatic nitrogens is 3. The SMILES string of the molecule is COc1c[nH]cc(/C=C/c2nc3ccccc3c(=O)n2-c2c(C)cccc2C)c1=O. The summed E-state index contributed by atoms with van der Waals surface area (Å²) in [5.74, 6) is 0.661. The highest BCUT2D eigenvalue weighted by Gasteiger charge is 2.14. The lowest BCUT2D eigenvalue weighted by molar-refractivity contribution is 0.409. The summed E-state index contributed by atoms with van der Waals surface area (Å²) in [6.45, 7) is 3.93. The smallest absolute Gasteiger partial charge is 0.266 e. The molecule has 0 aliphatic rings. The summed E-state index contributed by atoms with van der Waals surface area (Å²) in [6.07, 6.45) is 6.41. The molecule has 0 amide bonds. The van der Waals surface area contributed by atoms with Crippen molar-refractivity contribution in [3.8, 4) is 11.4 Å². The second kappa shape index (κ2) is 7.83. The number of aryl methyl sites for hydroxylation is 2. The average Bonchev–Trinajstić information content (AvgIpc) is 2.74. The predicted octanol–water partition coefficient (Wildman–Crippen LogP) is 3.87. The van der Waals surface area contributed by atoms with E-state index in [9.17, 15) is 9.59 Å². The maximum Gasteiger partial charge on any atom is 0.266 e. The second-order valence-electron chi connectivity index (χ2n) is 7.01. The van der Waals surface area contributed by atoms with Crippen LogP contribution in [0.25, 0.3) is 28.7 Å². The number of nitrogens with one attached hydrogen (secondary N) is 1. The van der Waals surface area contributed by atoms with Crippen LogP contribution in [0.15, 0.2) is 64.4 Å². The number of H-pyrrole nitrogens is 1. The molecule has 0 atom stereocenters. The zero-order valence-electron chi connectivity index (χ0n) is 17.0. The number of methoxy groups -OCH3 is 1. The number of pyridine rings is 1. The van der Waals surface area contributed by atoms with Gasteiger partial charge in [-0.3, -0.25) is 14.2 Å². The first-order chi connectivity index (χ1) is 14.5. The fourth-order valence-electron chi connectivity index (χ4n) is 3.56. The minimum Gasteiger partial charge on any atom is -0.491 e. The van der Waals surface area contributed by atoms with Crippen molar-refractivity contribution in [2.75, 3.05) is 7.11 Å². The van der Waals surface area contributed by atoms with Gasteiger partial charge in [0.05, 0.1) is 23.7 Å². The molecule has 2 aromatic carbocycles. The van der Waals surface area contributed by atoms with Gasteiger partial charge in [-0.25, -0.2) is 4.98 Å². The molecule has 2 heterocycles. The van der Waals surface area contributed by atoms with Gasteiger partial charge in [0.1, 0.15) is 5.82 Å². The van der Waals surface area contributed by atoms with E-state index in [-0.39, 0.29) is 16.7 Å². The molecule has 6 heteroatoms. The Morgan fingerprint density at radius 3 is 2.43 bits per heavy atom. The third-order valence-electron chi connectivity index (χ3n) is 5.04. The van der Waals surface area contributed by atoms with Gasteiger partial charge in [-0.2, -0.15) is 0 Å². The average molecular weight is 399 g/mol. The molecule has 30 heavy (non-hydrogen) atoms. The molecule has 0 unspecified atom stereocenters. The van der Waals surface area contributed by atoms with Gasteiger partial charge in [-0.1, -0.05) is 30.3 Å². The number of fused-ring (bicyclic) bond motifs is 1. The van der Waals surface area contributed by atoms with Crippen molar-refractivity contribution in [3.63, 3.8) is 0 Å². The Hall–Kier alpha value is -3.93. The van der Waals surface area contributed by atoms with Crippen molar-refractivity contribution in [3.05, 3.63) is 98.0 Å². The summed E-state index contributed by atoms with van der Waals surface area (Å²) in [5, 5.41) is 0.538. The van der Waals surface area contributed by atoms with Gasteiger partial charge < -0.3 is 9.72 Å². The minimum atomic E-state index is -0.241. The van der Waals surface area contributed by atoms with Crippen LogP contribution in [-0.2, 0) is 0 Å². The van der Waals surface area contributed by atoms with Crippen LogP contribution in [0.5, 0.6) is 5.75 Å². The number of para-hydroxylation sites is 2. The lowest BCUT2D eigenvalue weighted by Crippen LogP contribution is -2.24. The molecule has 0 bridgehead atoms. The number of hydrogen-bond donors (Lipinski definition) is 1. The molecule has 6 nitrogen and oxygen atoms in total. The van der Waals surface area contributed by atoms with E-state index in [4.69, 9.17) is 9.72 Å². The van der Waals surface area contributed by atoms with Crippen molar-refractivity contribution in [1.29, 1.82) is 0 Å². The third-order valence-corrected chi connectivity index (χ3v) is 5.04. The number of rotatable bonds is 4. The maximum absolute atomic E-state index is 13.4. The van der Waals surface area contributed by atoms with Crippen LogP contribution in [-0.4, -0.2) is 21.6 Å². The molecule has 0 aliphatic heterocycles. The number of hydrogen-bond acceptors (Lipinski definition) is 4. The van der Waals surface area contributed by atoms with Crippen LogP contribution >= 0.6 is 0 Å². The number of nitrogens with zero attached hydrogens (tertiary/aromatic N) is 2. The Bertz CT molecular complexity index is 1380. The molecule has 4 aromatic rings. The first kappa shape index (κ1) is 19.4. The summed E-state index contributed by atoms with van der Waals surface area (Å²) in [4.78, 5) is 33.5. The summed E-state index contributed by atoms with van der Waals surface area (Å²) in [7, 11) is 1.45. The first-order valence-corrected chi connectivity index (χ1v) is 9.53. The molecule has 0 saturated carbocycles. The molecular weight excluding hydrogens is 378 g/mol. The summed E-state index contributed by atoms with van der Waals surface area (Å²) < 4.78 is 6.70. The zero-order valence-corrected chi connectivity index (χ0v) is 17.0. The molecule has 4 rings (SSSR count). The van der Waals surface area contributed by atoms with Crippen molar-refractivity contribution in [2.45, 2.75) is 13.8 Å². The minimum absolute atomic E-state index is 0.155. The second-order valence-corrected chi connectivity index (χ2v) is 7.01. The quantitative estimate of drug-likeness (QED) is 0.565. The molecule has 0 spiro atoms. The van der Waals surface area contributed by atoms with E-state index in [0.717, 1.165) is 16.8 Å². The topological polar surface area (TPSA) is 77.0 Å². The van der Waals surface area contributed by atoms with Crippen molar-refractivity contribution < 1.29 is 4.74 Å². The van der Waals surface area contributed by atoms with Crippen LogP contribution in [0, 0.1) is 13.8 Å². The van der Waals surface area contributed by atoms with Crippen molar-refractivity contribution in [1.82, 2.24) is 14.5 Å². The van der Waals surface area contributed by atoms with Crippen molar-refractivity contribution >= 4 is 23.1 Å². The van der Waals surface area contributed by atoms with Crippen molar-refractivity contribution in [2.24, 2.45) is 0 Å². The predicted molar refractivity (Wildman–Crippen MR) is 119 cm³/mol. The summed E-state index contributed by atoms with van der Waals surface area (Å²) >= 11 is 0. The van der Waals surface area contributed by atoms with E-state index in [1.54, 1.807) is 29.0 Å². The van der Waals surface area contributed by atoms with E-state index in [0.29, 0.717) is 22.3 Å². The molecule has 0 aliphatic carbocycles. The van der Waals surface area contributed by atoms with Gasteiger partial charge in [0, 0.05) is 18.0 Å². The molecule has 2 aromatic heterocycles. The van der Waals surface area contributed by atoms with Crippen LogP contribution in [0.4, 0.5) is 0 Å². The van der Waals surface area contributed by atoms with E-state index in [1.165, 1.54) is 13.3 Å². The molecular formula is C24H21N3O3. The normalized spacial score (nSPS) is 11.3. The standard InChI is InChI=1S/C24H21N3O3/c1-15-7-6-8-16(2)22(15)27-21(26-19-10-5-4-9-18(19)24(27)29)12-11-17-13-25-14-20(30-3)23(17)28/h4-14H,1-3H3,(H,25,28)/b12-11+. The summed E-state index contributed by atoms with van der Waals surface area (Å²) in [5.41, 5.74) is 3.33. The Morgan fingerprint density at radius 2 is 1.70 bits per heavy atom. The van der Waals surface area contributed by atoms with Crippen LogP contribution in [0.2, 0.25) is 0 Å². The van der Waals surface area contributed by atoms with Crippen LogP contribution in [0.3, 0.4) is 0 Å². The molecule has 1 N–H and O–H groups in total. The lowest BCUT2D eigenvalue weighted by atomic mass is 10.1. The number of benzene rings is 2. The highest BCUT2D eigenvalue weighted by molar-refractivity contribution is 5.80. The maximum atomic E-state index is 13.4. The van der Waals surface area contributed by atoms with Gasteiger partial charge in [0.15, 0.2) is 5.75 Å². The van der Waals surface area contributed by atoms with E-state index in [2.05, 4.69) is 4.98 Å². The molecule has 0 saturated heterocycles. The van der Waals surface area contributed by atoms with E-state index in [1.807, 2.05) is 50.2 Å². The summed E-state index contributed by atoms with van der Waals surface area (Å²) in [6, 6.07) is 13.1. The Balaban J connectivity index is 2.00. The van der Waals surface area contributed by atoms with Gasteiger partial charge >= 0.3 is 0 Å². The monoisotopic (exact) mass is 399 g/mol. The van der Waals surface area contributed by atoms with E-state index < -0.39 is 0 Å². The van der Waals surface area contributed by atoms with Crippen LogP contribution in [0.1, 0.15) is 22.5 Å². The fourth-order valence-corrected chi connectivity index (χ4v) is 3.56. The highest BCUT2D eigenvalue weighted by atomic mass is 16.5. The van der Waals surface area contributed by atoms with E-state index >= 15 is 0 Å². The van der Waals surface area contributed by atoms with Gasteiger partial charge in [0.25, 0.3) is 5.56 Å². The Labute approximate surface area is 173 Å². The van der Waals surface area contributed by atoms with Gasteiger partial charge in [-0.05, 0) is 49.3 Å². The lowest BCUT2D eigenvalue weighted by Gasteiger charge is -2.16. The largest absolute Gasteiger partial charge is 0.491 e. The van der Waals surface area contributed by atoms with Gasteiger partial charge in [-0.15, -0.1) is 0 Å². The fraction of sp³-hybridized carbons (Fsp3) is 0.125.